The number of carboxylic acids is 1. The fourth-order valence-corrected chi connectivity index (χ4v) is 1.88. The summed E-state index contributed by atoms with van der Waals surface area (Å²) in [6, 6.07) is 0. The van der Waals surface area contributed by atoms with Gasteiger partial charge in [0.05, 0.1) is 6.54 Å². The van der Waals surface area contributed by atoms with Gasteiger partial charge in [0, 0.05) is 6.54 Å². The number of nitrogens with one attached hydrogen (secondary N) is 1. The van der Waals surface area contributed by atoms with E-state index in [0.29, 0.717) is 19.5 Å². The highest BCUT2D eigenvalue weighted by atomic mass is 16.4. The number of likely N-dealkylation sites (N-methyl/N-ethyl adjacent to an activating group) is 1. The second-order valence-corrected chi connectivity index (χ2v) is 3.79. The molecule has 0 spiro atoms. The Balaban J connectivity index is 2.70. The van der Waals surface area contributed by atoms with Crippen LogP contribution in [-0.2, 0) is 4.79 Å². The van der Waals surface area contributed by atoms with Crippen LogP contribution in [0.15, 0.2) is 0 Å². The van der Waals surface area contributed by atoms with Crippen LogP contribution in [0.3, 0.4) is 0 Å². The van der Waals surface area contributed by atoms with Crippen molar-refractivity contribution >= 4 is 5.97 Å². The molecular formula is C10H16N2O2. The van der Waals surface area contributed by atoms with Gasteiger partial charge in [0.25, 0.3) is 0 Å². The van der Waals surface area contributed by atoms with E-state index in [-0.39, 0.29) is 0 Å². The van der Waals surface area contributed by atoms with Gasteiger partial charge in [-0.15, -0.1) is 6.42 Å². The summed E-state index contributed by atoms with van der Waals surface area (Å²) in [5, 5.41) is 12.1. The lowest BCUT2D eigenvalue weighted by atomic mass is 9.89. The predicted octanol–water partition coefficient (Wildman–Crippen LogP) is -0.242. The van der Waals surface area contributed by atoms with Crippen LogP contribution >= 0.6 is 0 Å². The third kappa shape index (κ3) is 2.25. The van der Waals surface area contributed by atoms with Gasteiger partial charge in [-0.2, -0.15) is 0 Å². The molecule has 1 aliphatic rings. The fourth-order valence-electron chi connectivity index (χ4n) is 1.88. The normalized spacial score (nSPS) is 28.3. The van der Waals surface area contributed by atoms with Crippen LogP contribution in [0.2, 0.25) is 0 Å². The highest BCUT2D eigenvalue weighted by molar-refractivity contribution is 5.79. The summed E-state index contributed by atoms with van der Waals surface area (Å²) in [6.07, 6.45) is 6.66. The summed E-state index contributed by atoms with van der Waals surface area (Å²) in [5.74, 6) is 1.61. The van der Waals surface area contributed by atoms with Crippen molar-refractivity contribution < 1.29 is 9.90 Å². The molecule has 2 N–H and O–H groups in total. The van der Waals surface area contributed by atoms with Gasteiger partial charge < -0.3 is 10.0 Å². The Morgan fingerprint density at radius 3 is 3.00 bits per heavy atom. The first-order chi connectivity index (χ1) is 6.60. The lowest BCUT2D eigenvalue weighted by Crippen LogP contribution is -2.61. The molecule has 4 nitrogen and oxygen atoms in total. The number of hydrogen-bond donors (Lipinski definition) is 2. The van der Waals surface area contributed by atoms with Crippen molar-refractivity contribution in [1.82, 2.24) is 10.2 Å². The Hall–Kier alpha value is -1.05. The van der Waals surface area contributed by atoms with Crippen molar-refractivity contribution in [3.8, 4) is 12.3 Å². The quantitative estimate of drug-likeness (QED) is 0.612. The minimum atomic E-state index is -0.848. The van der Waals surface area contributed by atoms with Crippen molar-refractivity contribution in [2.75, 3.05) is 26.7 Å². The Bertz CT molecular complexity index is 259. The van der Waals surface area contributed by atoms with Crippen molar-refractivity contribution in [2.45, 2.75) is 18.4 Å². The first-order valence-corrected chi connectivity index (χ1v) is 4.71. The SMILES string of the molecule is C#CCNC1(C(=O)O)CCCN(C)C1. The van der Waals surface area contributed by atoms with E-state index in [1.165, 1.54) is 0 Å². The summed E-state index contributed by atoms with van der Waals surface area (Å²) in [7, 11) is 1.93. The maximum absolute atomic E-state index is 11.2. The molecule has 1 aliphatic heterocycles. The third-order valence-electron chi connectivity index (χ3n) is 2.62. The molecule has 0 radical (unpaired) electrons. The highest BCUT2D eigenvalue weighted by Gasteiger charge is 2.40. The van der Waals surface area contributed by atoms with Gasteiger partial charge in [0.1, 0.15) is 5.54 Å². The maximum atomic E-state index is 11.2. The van der Waals surface area contributed by atoms with Crippen LogP contribution in [0.5, 0.6) is 0 Å². The molecule has 1 fully saturated rings. The van der Waals surface area contributed by atoms with Gasteiger partial charge in [0.2, 0.25) is 0 Å². The number of carboxylic acid groups (broad SMARTS) is 1. The van der Waals surface area contributed by atoms with Crippen LogP contribution in [0.4, 0.5) is 0 Å². The summed E-state index contributed by atoms with van der Waals surface area (Å²) < 4.78 is 0. The van der Waals surface area contributed by atoms with Gasteiger partial charge in [-0.3, -0.25) is 10.1 Å². The molecule has 0 aromatic rings. The molecule has 0 saturated carbocycles. The van der Waals surface area contributed by atoms with E-state index >= 15 is 0 Å². The highest BCUT2D eigenvalue weighted by Crippen LogP contribution is 2.20. The largest absolute Gasteiger partial charge is 0.480 e. The lowest BCUT2D eigenvalue weighted by Gasteiger charge is -2.38. The number of likely N-dealkylation sites (tertiary alicyclic amines) is 1. The van der Waals surface area contributed by atoms with Crippen molar-refractivity contribution in [2.24, 2.45) is 0 Å². The minimum Gasteiger partial charge on any atom is -0.480 e. The van der Waals surface area contributed by atoms with E-state index in [4.69, 9.17) is 6.42 Å². The predicted molar refractivity (Wildman–Crippen MR) is 53.9 cm³/mol. The Kier molecular flexibility index (Phi) is 3.50. The number of aliphatic carboxylic acids is 1. The maximum Gasteiger partial charge on any atom is 0.325 e. The van der Waals surface area contributed by atoms with Gasteiger partial charge in [-0.25, -0.2) is 0 Å². The molecule has 1 rings (SSSR count). The first kappa shape index (κ1) is 11.0. The first-order valence-electron chi connectivity index (χ1n) is 4.71. The second-order valence-electron chi connectivity index (χ2n) is 3.79. The van der Waals surface area contributed by atoms with Crippen molar-refractivity contribution in [1.29, 1.82) is 0 Å². The number of rotatable bonds is 3. The zero-order chi connectivity index (χ0) is 10.6. The number of carbonyl (C=O) groups is 1. The number of nitrogens with zero attached hydrogens (tertiary/aromatic N) is 1. The van der Waals surface area contributed by atoms with E-state index in [2.05, 4.69) is 11.2 Å². The Morgan fingerprint density at radius 1 is 1.79 bits per heavy atom. The fraction of sp³-hybridized carbons (Fsp3) is 0.700. The molecule has 1 saturated heterocycles. The molecule has 0 bridgehead atoms. The molecule has 1 unspecified atom stereocenters. The zero-order valence-corrected chi connectivity index (χ0v) is 8.42. The van der Waals surface area contributed by atoms with E-state index in [9.17, 15) is 9.90 Å². The molecular weight excluding hydrogens is 180 g/mol. The van der Waals surface area contributed by atoms with Gasteiger partial charge in [-0.1, -0.05) is 5.92 Å². The number of terminal acetylenes is 1. The Labute approximate surface area is 84.3 Å². The average molecular weight is 196 g/mol. The van der Waals surface area contributed by atoms with E-state index in [1.54, 1.807) is 0 Å². The molecule has 0 aliphatic carbocycles. The molecule has 1 atom stereocenters. The molecule has 0 aromatic heterocycles. The van der Waals surface area contributed by atoms with Crippen LogP contribution in [-0.4, -0.2) is 48.2 Å². The van der Waals surface area contributed by atoms with Crippen molar-refractivity contribution in [3.05, 3.63) is 0 Å². The zero-order valence-electron chi connectivity index (χ0n) is 8.42. The summed E-state index contributed by atoms with van der Waals surface area (Å²) >= 11 is 0. The summed E-state index contributed by atoms with van der Waals surface area (Å²) in [4.78, 5) is 13.2. The molecule has 0 amide bonds. The van der Waals surface area contributed by atoms with Crippen LogP contribution < -0.4 is 5.32 Å². The Morgan fingerprint density at radius 2 is 2.50 bits per heavy atom. The van der Waals surface area contributed by atoms with E-state index in [0.717, 1.165) is 13.0 Å². The second kappa shape index (κ2) is 4.45. The summed E-state index contributed by atoms with van der Waals surface area (Å²) in [5.41, 5.74) is -0.848. The topological polar surface area (TPSA) is 52.6 Å². The molecule has 78 valence electrons. The van der Waals surface area contributed by atoms with E-state index < -0.39 is 11.5 Å². The standard InChI is InChI=1S/C10H16N2O2/c1-3-6-11-10(9(13)14)5-4-7-12(2)8-10/h1,11H,4-8H2,2H3,(H,13,14). The van der Waals surface area contributed by atoms with Crippen LogP contribution in [0.1, 0.15) is 12.8 Å². The van der Waals surface area contributed by atoms with E-state index in [1.807, 2.05) is 11.9 Å². The van der Waals surface area contributed by atoms with Crippen LogP contribution in [0, 0.1) is 12.3 Å². The van der Waals surface area contributed by atoms with Crippen LogP contribution in [0.25, 0.3) is 0 Å². The molecule has 0 aromatic carbocycles. The number of piperidine rings is 1. The van der Waals surface area contributed by atoms with Crippen molar-refractivity contribution in [3.63, 3.8) is 0 Å². The molecule has 1 heterocycles. The third-order valence-corrected chi connectivity index (χ3v) is 2.62. The monoisotopic (exact) mass is 196 g/mol. The smallest absolute Gasteiger partial charge is 0.325 e. The van der Waals surface area contributed by atoms with Gasteiger partial charge in [-0.05, 0) is 26.4 Å². The minimum absolute atomic E-state index is 0.306. The average Bonchev–Trinajstić information content (AvgIpc) is 2.14. The molecule has 4 heteroatoms. The summed E-state index contributed by atoms with van der Waals surface area (Å²) in [6.45, 7) is 1.77. The lowest BCUT2D eigenvalue weighted by molar-refractivity contribution is -0.147. The van der Waals surface area contributed by atoms with Gasteiger partial charge >= 0.3 is 5.97 Å². The number of hydrogen-bond acceptors (Lipinski definition) is 3. The molecule has 14 heavy (non-hydrogen) atoms. The van der Waals surface area contributed by atoms with Gasteiger partial charge in [0.15, 0.2) is 0 Å².